The van der Waals surface area contributed by atoms with E-state index in [9.17, 15) is 14.9 Å². The first-order valence-corrected chi connectivity index (χ1v) is 5.89. The van der Waals surface area contributed by atoms with Crippen LogP contribution in [0.25, 0.3) is 6.08 Å². The molecule has 0 aliphatic rings. The fraction of sp³-hybridized carbons (Fsp3) is 0.0833. The van der Waals surface area contributed by atoms with Gasteiger partial charge in [0.15, 0.2) is 6.61 Å². The second-order valence-electron chi connectivity index (χ2n) is 3.03. The van der Waals surface area contributed by atoms with E-state index in [0.29, 0.717) is 5.56 Å². The Balaban J connectivity index is 2.74. The number of ether oxygens (including phenoxy) is 1. The predicted octanol–water partition coefficient (Wildman–Crippen LogP) is 2.55. The summed E-state index contributed by atoms with van der Waals surface area (Å²) in [5, 5.41) is 10.7. The number of para-hydroxylation sites is 1. The minimum Gasteiger partial charge on any atom is -0.449 e. The molecule has 18 heavy (non-hydrogen) atoms. The maximum Gasteiger partial charge on any atom is 0.331 e. The van der Waals surface area contributed by atoms with E-state index in [4.69, 9.17) is 4.74 Å². The molecule has 92 valence electrons. The van der Waals surface area contributed by atoms with E-state index in [0.717, 1.165) is 6.08 Å². The van der Waals surface area contributed by atoms with Crippen molar-refractivity contribution < 1.29 is 14.5 Å². The number of carbonyl (C=O) groups is 1. The summed E-state index contributed by atoms with van der Waals surface area (Å²) in [4.78, 5) is 21.4. The fourth-order valence-corrected chi connectivity index (χ4v) is 1.29. The summed E-state index contributed by atoms with van der Waals surface area (Å²) in [7, 11) is 0. The Morgan fingerprint density at radius 2 is 2.22 bits per heavy atom. The Labute approximate surface area is 117 Å². The van der Waals surface area contributed by atoms with Gasteiger partial charge in [-0.25, -0.2) is 4.79 Å². The summed E-state index contributed by atoms with van der Waals surface area (Å²) in [6.45, 7) is 0.00297. The molecule has 1 rings (SSSR count). The van der Waals surface area contributed by atoms with Gasteiger partial charge in [0, 0.05) is 34.7 Å². The van der Waals surface area contributed by atoms with Gasteiger partial charge in [0.05, 0.1) is 10.5 Å². The van der Waals surface area contributed by atoms with Crippen molar-refractivity contribution in [2.24, 2.45) is 0 Å². The molecule has 6 heteroatoms. The summed E-state index contributed by atoms with van der Waals surface area (Å²) in [6, 6.07) is 6.13. The summed E-state index contributed by atoms with van der Waals surface area (Å²) >= 11 is 1.83. The molecule has 0 aliphatic heterocycles. The zero-order chi connectivity index (χ0) is 13.4. The number of benzene rings is 1. The molecule has 0 bridgehead atoms. The minimum absolute atomic E-state index is 0.00297. The third-order valence-electron chi connectivity index (χ3n) is 1.89. The van der Waals surface area contributed by atoms with Crippen LogP contribution in [0.5, 0.6) is 0 Å². The monoisotopic (exact) mass is 357 g/mol. The molecule has 0 N–H and O–H groups in total. The van der Waals surface area contributed by atoms with Crippen LogP contribution in [-0.2, 0) is 9.53 Å². The van der Waals surface area contributed by atoms with Gasteiger partial charge in [-0.1, -0.05) is 18.1 Å². The third-order valence-corrected chi connectivity index (χ3v) is 2.27. The first-order valence-electron chi connectivity index (χ1n) is 4.82. The minimum atomic E-state index is -0.590. The number of nitro groups is 1. The Morgan fingerprint density at radius 3 is 2.89 bits per heavy atom. The molecule has 1 aromatic carbocycles. The molecule has 0 fully saturated rings. The lowest BCUT2D eigenvalue weighted by atomic mass is 10.1. The number of nitro benzene ring substituents is 1. The van der Waals surface area contributed by atoms with E-state index in [2.05, 4.69) is 9.85 Å². The highest BCUT2D eigenvalue weighted by molar-refractivity contribution is 14.1. The van der Waals surface area contributed by atoms with Crippen molar-refractivity contribution in [1.29, 1.82) is 0 Å². The lowest BCUT2D eigenvalue weighted by Crippen LogP contribution is -2.00. The van der Waals surface area contributed by atoms with Gasteiger partial charge in [-0.05, 0) is 16.1 Å². The number of hydrogen-bond donors (Lipinski definition) is 0. The molecule has 0 saturated heterocycles. The standard InChI is InChI=1S/C12H8INO4/c13-8-3-9-18-12(15)7-6-10-4-1-2-5-11(10)14(16)17/h1-2,4-7H,9H2. The average Bonchev–Trinajstić information content (AvgIpc) is 2.37. The zero-order valence-corrected chi connectivity index (χ0v) is 11.3. The van der Waals surface area contributed by atoms with Gasteiger partial charge in [-0.2, -0.15) is 0 Å². The molecule has 0 heterocycles. The van der Waals surface area contributed by atoms with Crippen LogP contribution in [0.3, 0.4) is 0 Å². The smallest absolute Gasteiger partial charge is 0.331 e. The molecule has 0 radical (unpaired) electrons. The number of esters is 1. The van der Waals surface area contributed by atoms with Crippen molar-refractivity contribution in [3.05, 3.63) is 46.0 Å². The van der Waals surface area contributed by atoms with Crippen LogP contribution in [-0.4, -0.2) is 17.5 Å². The van der Waals surface area contributed by atoms with Crippen LogP contribution in [0.4, 0.5) is 5.69 Å². The van der Waals surface area contributed by atoms with E-state index in [-0.39, 0.29) is 12.3 Å². The number of rotatable bonds is 4. The summed E-state index contributed by atoms with van der Waals surface area (Å²) in [5.74, 6) is 1.97. The maximum absolute atomic E-state index is 11.2. The van der Waals surface area contributed by atoms with Crippen LogP contribution in [0, 0.1) is 20.0 Å². The maximum atomic E-state index is 11.2. The third kappa shape index (κ3) is 4.55. The van der Waals surface area contributed by atoms with Crippen LogP contribution < -0.4 is 0 Å². The fourth-order valence-electron chi connectivity index (χ4n) is 1.14. The zero-order valence-electron chi connectivity index (χ0n) is 9.13. The Kier molecular flexibility index (Phi) is 5.87. The van der Waals surface area contributed by atoms with Gasteiger partial charge in [0.2, 0.25) is 0 Å². The van der Waals surface area contributed by atoms with Gasteiger partial charge in [-0.15, -0.1) is 0 Å². The van der Waals surface area contributed by atoms with E-state index in [1.165, 1.54) is 12.1 Å². The van der Waals surface area contributed by atoms with Crippen LogP contribution in [0.15, 0.2) is 30.3 Å². The molecular weight excluding hydrogens is 349 g/mol. The lowest BCUT2D eigenvalue weighted by molar-refractivity contribution is -0.385. The van der Waals surface area contributed by atoms with Crippen molar-refractivity contribution in [2.45, 2.75) is 0 Å². The number of nitrogens with zero attached hydrogens (tertiary/aromatic N) is 1. The van der Waals surface area contributed by atoms with Crippen molar-refractivity contribution in [3.8, 4) is 9.85 Å². The number of carbonyl (C=O) groups excluding carboxylic acids is 1. The Hall–Kier alpha value is -1.88. The van der Waals surface area contributed by atoms with Gasteiger partial charge in [0.25, 0.3) is 5.69 Å². The first-order chi connectivity index (χ1) is 8.65. The molecule has 0 unspecified atom stereocenters. The normalized spacial score (nSPS) is 9.61. The van der Waals surface area contributed by atoms with Crippen LogP contribution in [0.2, 0.25) is 0 Å². The van der Waals surface area contributed by atoms with E-state index in [1.807, 2.05) is 22.6 Å². The number of hydrogen-bond acceptors (Lipinski definition) is 4. The highest BCUT2D eigenvalue weighted by atomic mass is 127. The molecule has 0 spiro atoms. The summed E-state index contributed by atoms with van der Waals surface area (Å²) < 4.78 is 7.28. The van der Waals surface area contributed by atoms with Crippen molar-refractivity contribution >= 4 is 40.3 Å². The van der Waals surface area contributed by atoms with Crippen molar-refractivity contribution in [1.82, 2.24) is 0 Å². The molecule has 0 atom stereocenters. The molecule has 0 aromatic heterocycles. The van der Waals surface area contributed by atoms with E-state index >= 15 is 0 Å². The lowest BCUT2D eigenvalue weighted by Gasteiger charge is -1.97. The van der Waals surface area contributed by atoms with E-state index in [1.54, 1.807) is 18.2 Å². The molecule has 0 amide bonds. The van der Waals surface area contributed by atoms with Crippen LogP contribution in [0.1, 0.15) is 5.56 Å². The Morgan fingerprint density at radius 1 is 1.50 bits per heavy atom. The molecule has 0 saturated carbocycles. The number of halogens is 1. The quantitative estimate of drug-likeness (QED) is 0.207. The van der Waals surface area contributed by atoms with Gasteiger partial charge >= 0.3 is 5.97 Å². The second-order valence-corrected chi connectivity index (χ2v) is 3.57. The summed E-state index contributed by atoms with van der Waals surface area (Å²) in [6.07, 6.45) is 2.48. The largest absolute Gasteiger partial charge is 0.449 e. The average molecular weight is 357 g/mol. The van der Waals surface area contributed by atoms with Crippen LogP contribution >= 0.6 is 22.6 Å². The summed E-state index contributed by atoms with van der Waals surface area (Å²) in [5.41, 5.74) is 0.285. The molecule has 5 nitrogen and oxygen atoms in total. The highest BCUT2D eigenvalue weighted by Crippen LogP contribution is 2.18. The molecule has 1 aromatic rings. The predicted molar refractivity (Wildman–Crippen MR) is 74.9 cm³/mol. The Bertz CT molecular complexity index is 542. The second kappa shape index (κ2) is 7.45. The highest BCUT2D eigenvalue weighted by Gasteiger charge is 2.09. The first kappa shape index (κ1) is 14.2. The molecule has 0 aliphatic carbocycles. The van der Waals surface area contributed by atoms with Crippen molar-refractivity contribution in [3.63, 3.8) is 0 Å². The van der Waals surface area contributed by atoms with E-state index < -0.39 is 10.9 Å². The van der Waals surface area contributed by atoms with Crippen molar-refractivity contribution in [2.75, 3.05) is 6.61 Å². The molecular formula is C12H8INO4. The van der Waals surface area contributed by atoms with Gasteiger partial charge < -0.3 is 4.74 Å². The SMILES string of the molecule is O=C(C=Cc1ccccc1[N+](=O)[O-])OCC#CI. The topological polar surface area (TPSA) is 69.4 Å². The van der Waals surface area contributed by atoms with Gasteiger partial charge in [0.1, 0.15) is 0 Å². The van der Waals surface area contributed by atoms with Gasteiger partial charge in [-0.3, -0.25) is 10.1 Å².